The second kappa shape index (κ2) is 7.38. The van der Waals surface area contributed by atoms with Crippen LogP contribution in [0.1, 0.15) is 22.8 Å². The molecule has 19 heavy (non-hydrogen) atoms. The number of carbonyl (C=O) groups excluding carboxylic acids is 2. The number of hydrogen-bond donors (Lipinski definition) is 3. The molecule has 1 atom stereocenters. The maximum atomic E-state index is 11.3. The van der Waals surface area contributed by atoms with Crippen molar-refractivity contribution in [2.24, 2.45) is 0 Å². The number of methoxy groups -OCH3 is 1. The Bertz CT molecular complexity index is 429. The molecule has 0 aliphatic heterocycles. The highest BCUT2D eigenvalue weighted by Crippen LogP contribution is 2.05. The number of benzene rings is 1. The predicted octanol–water partition coefficient (Wildman–Crippen LogP) is 0.653. The summed E-state index contributed by atoms with van der Waals surface area (Å²) in [6, 6.07) is 6.40. The maximum Gasteiger partial charge on any atom is 0.337 e. The minimum atomic E-state index is -0.579. The van der Waals surface area contributed by atoms with Gasteiger partial charge in [0.05, 0.1) is 18.8 Å². The van der Waals surface area contributed by atoms with Gasteiger partial charge in [-0.05, 0) is 24.6 Å². The van der Waals surface area contributed by atoms with Gasteiger partial charge < -0.3 is 20.5 Å². The molecule has 0 heterocycles. The number of nitrogens with one attached hydrogen (secondary N) is 2. The summed E-state index contributed by atoms with van der Waals surface area (Å²) in [5, 5.41) is 14.2. The van der Waals surface area contributed by atoms with Crippen molar-refractivity contribution in [3.05, 3.63) is 35.4 Å². The van der Waals surface area contributed by atoms with Gasteiger partial charge in [-0.15, -0.1) is 0 Å². The first kappa shape index (κ1) is 15.0. The largest absolute Gasteiger partial charge is 0.465 e. The molecule has 0 aliphatic carbocycles. The lowest BCUT2D eigenvalue weighted by Gasteiger charge is -2.09. The number of ether oxygens (including phenoxy) is 1. The molecular weight excluding hydrogens is 248 g/mol. The van der Waals surface area contributed by atoms with E-state index in [9.17, 15) is 9.59 Å². The Balaban J connectivity index is 2.41. The van der Waals surface area contributed by atoms with Crippen molar-refractivity contribution in [3.63, 3.8) is 0 Å². The summed E-state index contributed by atoms with van der Waals surface area (Å²) in [7, 11) is 1.32. The lowest BCUT2D eigenvalue weighted by Crippen LogP contribution is -2.38. The molecule has 6 nitrogen and oxygen atoms in total. The van der Waals surface area contributed by atoms with Crippen LogP contribution in [0.3, 0.4) is 0 Å². The predicted molar refractivity (Wildman–Crippen MR) is 69.7 cm³/mol. The number of aliphatic hydroxyl groups is 1. The molecule has 1 aromatic rings. The summed E-state index contributed by atoms with van der Waals surface area (Å²) in [6.45, 7) is 2.13. The van der Waals surface area contributed by atoms with Crippen LogP contribution in [0.15, 0.2) is 24.3 Å². The molecule has 0 fully saturated rings. The average molecular weight is 266 g/mol. The number of amides is 2. The van der Waals surface area contributed by atoms with E-state index in [1.165, 1.54) is 7.11 Å². The highest BCUT2D eigenvalue weighted by molar-refractivity contribution is 5.89. The molecule has 0 saturated heterocycles. The third-order valence-electron chi connectivity index (χ3n) is 2.39. The molecule has 0 aromatic heterocycles. The Morgan fingerprint density at radius 1 is 1.26 bits per heavy atom. The third-order valence-corrected chi connectivity index (χ3v) is 2.39. The van der Waals surface area contributed by atoms with Crippen molar-refractivity contribution >= 4 is 12.0 Å². The van der Waals surface area contributed by atoms with Gasteiger partial charge in [0.2, 0.25) is 0 Å². The lowest BCUT2D eigenvalue weighted by atomic mass is 10.1. The molecule has 104 valence electrons. The van der Waals surface area contributed by atoms with Gasteiger partial charge in [-0.3, -0.25) is 0 Å². The highest BCUT2D eigenvalue weighted by atomic mass is 16.5. The molecule has 0 bridgehead atoms. The van der Waals surface area contributed by atoms with Crippen LogP contribution in [0.2, 0.25) is 0 Å². The molecule has 0 radical (unpaired) electrons. The summed E-state index contributed by atoms with van der Waals surface area (Å²) in [5.41, 5.74) is 1.32. The smallest absolute Gasteiger partial charge is 0.337 e. The van der Waals surface area contributed by atoms with Crippen molar-refractivity contribution in [2.75, 3.05) is 13.7 Å². The van der Waals surface area contributed by atoms with Crippen molar-refractivity contribution in [1.29, 1.82) is 0 Å². The first-order valence-corrected chi connectivity index (χ1v) is 5.90. The van der Waals surface area contributed by atoms with E-state index in [2.05, 4.69) is 15.4 Å². The molecule has 0 saturated carbocycles. The van der Waals surface area contributed by atoms with E-state index >= 15 is 0 Å². The van der Waals surface area contributed by atoms with Crippen LogP contribution in [-0.4, -0.2) is 36.9 Å². The fraction of sp³-hybridized carbons (Fsp3) is 0.385. The van der Waals surface area contributed by atoms with Crippen molar-refractivity contribution < 1.29 is 19.4 Å². The minimum absolute atomic E-state index is 0.201. The van der Waals surface area contributed by atoms with Crippen LogP contribution in [0.5, 0.6) is 0 Å². The van der Waals surface area contributed by atoms with Gasteiger partial charge in [0, 0.05) is 13.1 Å². The van der Waals surface area contributed by atoms with Gasteiger partial charge in [0.15, 0.2) is 0 Å². The van der Waals surface area contributed by atoms with Crippen molar-refractivity contribution in [2.45, 2.75) is 19.6 Å². The van der Waals surface area contributed by atoms with Gasteiger partial charge in [0.1, 0.15) is 0 Å². The molecular formula is C13H18N2O4. The third kappa shape index (κ3) is 5.39. The maximum absolute atomic E-state index is 11.3. The van der Waals surface area contributed by atoms with E-state index in [0.29, 0.717) is 12.1 Å². The Morgan fingerprint density at radius 3 is 2.42 bits per heavy atom. The second-order valence-corrected chi connectivity index (χ2v) is 4.10. The molecule has 3 N–H and O–H groups in total. The average Bonchev–Trinajstić information content (AvgIpc) is 2.42. The summed E-state index contributed by atoms with van der Waals surface area (Å²) in [6.07, 6.45) is -0.579. The lowest BCUT2D eigenvalue weighted by molar-refractivity contribution is 0.0600. The Morgan fingerprint density at radius 2 is 1.89 bits per heavy atom. The highest BCUT2D eigenvalue weighted by Gasteiger charge is 2.05. The van der Waals surface area contributed by atoms with Crippen molar-refractivity contribution in [3.8, 4) is 0 Å². The summed E-state index contributed by atoms with van der Waals surface area (Å²) in [5.74, 6) is -0.394. The van der Waals surface area contributed by atoms with Crippen molar-refractivity contribution in [1.82, 2.24) is 10.6 Å². The topological polar surface area (TPSA) is 87.7 Å². The Labute approximate surface area is 111 Å². The second-order valence-electron chi connectivity index (χ2n) is 4.10. The first-order valence-electron chi connectivity index (χ1n) is 5.90. The molecule has 0 aliphatic rings. The zero-order valence-electron chi connectivity index (χ0n) is 11.0. The number of aliphatic hydroxyl groups excluding tert-OH is 1. The van der Waals surface area contributed by atoms with E-state index in [4.69, 9.17) is 5.11 Å². The van der Waals surface area contributed by atoms with Crippen LogP contribution in [-0.2, 0) is 11.3 Å². The minimum Gasteiger partial charge on any atom is -0.465 e. The molecule has 1 rings (SSSR count). The normalized spacial score (nSPS) is 11.5. The summed E-state index contributed by atoms with van der Waals surface area (Å²) < 4.78 is 4.59. The zero-order valence-corrected chi connectivity index (χ0v) is 11.0. The molecule has 6 heteroatoms. The molecule has 1 unspecified atom stereocenters. The quantitative estimate of drug-likeness (QED) is 0.683. The van der Waals surface area contributed by atoms with E-state index < -0.39 is 12.1 Å². The van der Waals surface area contributed by atoms with E-state index in [1.807, 2.05) is 0 Å². The van der Waals surface area contributed by atoms with Gasteiger partial charge in [-0.1, -0.05) is 12.1 Å². The van der Waals surface area contributed by atoms with Crippen LogP contribution in [0.25, 0.3) is 0 Å². The summed E-state index contributed by atoms with van der Waals surface area (Å²) >= 11 is 0. The van der Waals surface area contributed by atoms with E-state index in [1.54, 1.807) is 31.2 Å². The standard InChI is InChI=1S/C13H18N2O4/c1-9(16)7-14-13(18)15-8-10-3-5-11(6-4-10)12(17)19-2/h3-6,9,16H,7-8H2,1-2H3,(H2,14,15,18). The van der Waals surface area contributed by atoms with Gasteiger partial charge in [0.25, 0.3) is 0 Å². The molecule has 1 aromatic carbocycles. The van der Waals surface area contributed by atoms with Crippen LogP contribution >= 0.6 is 0 Å². The molecule has 2 amide bonds. The van der Waals surface area contributed by atoms with Crippen LogP contribution < -0.4 is 10.6 Å². The van der Waals surface area contributed by atoms with Crippen LogP contribution in [0.4, 0.5) is 4.79 Å². The number of urea groups is 1. The monoisotopic (exact) mass is 266 g/mol. The Hall–Kier alpha value is -2.08. The zero-order chi connectivity index (χ0) is 14.3. The van der Waals surface area contributed by atoms with E-state index in [0.717, 1.165) is 5.56 Å². The summed E-state index contributed by atoms with van der Waals surface area (Å²) in [4.78, 5) is 22.5. The SMILES string of the molecule is COC(=O)c1ccc(CNC(=O)NCC(C)O)cc1. The number of rotatable bonds is 5. The Kier molecular flexibility index (Phi) is 5.81. The first-order chi connectivity index (χ1) is 9.02. The fourth-order valence-corrected chi connectivity index (χ4v) is 1.36. The van der Waals surface area contributed by atoms with Gasteiger partial charge in [-0.2, -0.15) is 0 Å². The molecule has 0 spiro atoms. The van der Waals surface area contributed by atoms with Crippen LogP contribution in [0, 0.1) is 0 Å². The van der Waals surface area contributed by atoms with E-state index in [-0.39, 0.29) is 12.6 Å². The van der Waals surface area contributed by atoms with Gasteiger partial charge >= 0.3 is 12.0 Å². The van der Waals surface area contributed by atoms with Gasteiger partial charge in [-0.25, -0.2) is 9.59 Å². The number of esters is 1. The number of carbonyl (C=O) groups is 2. The fourth-order valence-electron chi connectivity index (χ4n) is 1.36. The number of hydrogen-bond acceptors (Lipinski definition) is 4.